The van der Waals surface area contributed by atoms with Crippen LogP contribution in [0.2, 0.25) is 0 Å². The fourth-order valence-corrected chi connectivity index (χ4v) is 4.52. The Balaban J connectivity index is 1.45. The van der Waals surface area contributed by atoms with E-state index in [1.807, 2.05) is 30.3 Å². The molecule has 0 bridgehead atoms. The Labute approximate surface area is 208 Å². The lowest BCUT2D eigenvalue weighted by Gasteiger charge is -2.34. The van der Waals surface area contributed by atoms with Crippen molar-refractivity contribution in [2.24, 2.45) is 5.73 Å². The Kier molecular flexibility index (Phi) is 6.46. The van der Waals surface area contributed by atoms with Crippen molar-refractivity contribution in [3.8, 4) is 5.75 Å². The van der Waals surface area contributed by atoms with Gasteiger partial charge in [0.2, 0.25) is 5.95 Å². The fourth-order valence-electron chi connectivity index (χ4n) is 4.52. The number of carbonyl (C=O) groups excluding carboxylic acids is 1. The van der Waals surface area contributed by atoms with Crippen LogP contribution in [0, 0.1) is 0 Å². The molecule has 2 aliphatic rings. The first-order chi connectivity index (χ1) is 17.3. The van der Waals surface area contributed by atoms with Gasteiger partial charge in [-0.25, -0.2) is 9.37 Å². The zero-order chi connectivity index (χ0) is 25.3. The number of ether oxygens (including phenoxy) is 2. The summed E-state index contributed by atoms with van der Waals surface area (Å²) in [6.45, 7) is 1.95. The number of methoxy groups -OCH3 is 1. The molecular formula is C26H29FN6O3. The third kappa shape index (κ3) is 4.95. The smallest absolute Gasteiger partial charge is 0.254 e. The Morgan fingerprint density at radius 1 is 1.22 bits per heavy atom. The van der Waals surface area contributed by atoms with E-state index in [2.05, 4.69) is 32.5 Å². The number of carbonyl (C=O) groups is 1. The van der Waals surface area contributed by atoms with Crippen LogP contribution in [-0.2, 0) is 24.1 Å². The van der Waals surface area contributed by atoms with Crippen molar-refractivity contribution in [1.82, 2.24) is 14.9 Å². The minimum Gasteiger partial charge on any atom is -0.495 e. The van der Waals surface area contributed by atoms with Crippen LogP contribution in [0.4, 0.5) is 27.5 Å². The molecule has 0 aliphatic carbocycles. The second kappa shape index (κ2) is 9.71. The van der Waals surface area contributed by atoms with Gasteiger partial charge in [0.1, 0.15) is 17.1 Å². The molecule has 9 nitrogen and oxygen atoms in total. The number of benzene rings is 2. The highest BCUT2D eigenvalue weighted by Gasteiger charge is 2.39. The number of nitrogens with one attached hydrogen (secondary N) is 2. The van der Waals surface area contributed by atoms with Gasteiger partial charge < -0.3 is 30.7 Å². The third-order valence-corrected chi connectivity index (χ3v) is 6.52. The summed E-state index contributed by atoms with van der Waals surface area (Å²) in [4.78, 5) is 23.2. The summed E-state index contributed by atoms with van der Waals surface area (Å²) in [5.74, 6) is 0.487. The van der Waals surface area contributed by atoms with Gasteiger partial charge in [0.15, 0.2) is 5.67 Å². The molecule has 3 aromatic rings. The summed E-state index contributed by atoms with van der Waals surface area (Å²) in [5.41, 5.74) is 8.86. The molecule has 1 fully saturated rings. The largest absolute Gasteiger partial charge is 0.495 e. The van der Waals surface area contributed by atoms with E-state index in [0.717, 1.165) is 25.1 Å². The number of nitrogens with zero attached hydrogens (tertiary/aromatic N) is 3. The molecule has 5 rings (SSSR count). The van der Waals surface area contributed by atoms with E-state index in [4.69, 9.17) is 15.2 Å². The first kappa shape index (κ1) is 24.0. The number of alkyl halides is 1. The summed E-state index contributed by atoms with van der Waals surface area (Å²) in [5, 5.41) is 6.38. The van der Waals surface area contributed by atoms with Crippen LogP contribution in [-0.4, -0.2) is 60.4 Å². The summed E-state index contributed by atoms with van der Waals surface area (Å²) < 4.78 is 25.4. The third-order valence-electron chi connectivity index (χ3n) is 6.52. The molecule has 1 saturated heterocycles. The lowest BCUT2D eigenvalue weighted by Crippen LogP contribution is -2.47. The Bertz CT molecular complexity index is 1300. The summed E-state index contributed by atoms with van der Waals surface area (Å²) >= 11 is 0. The van der Waals surface area contributed by atoms with Crippen molar-refractivity contribution < 1.29 is 18.7 Å². The number of amides is 1. The molecule has 0 atom stereocenters. The minimum absolute atomic E-state index is 0.0633. The summed E-state index contributed by atoms with van der Waals surface area (Å²) in [6, 6.07) is 11.4. The molecule has 10 heteroatoms. The summed E-state index contributed by atoms with van der Waals surface area (Å²) in [7, 11) is 3.71. The molecule has 3 heterocycles. The van der Waals surface area contributed by atoms with Gasteiger partial charge >= 0.3 is 0 Å². The Morgan fingerprint density at radius 2 is 2.03 bits per heavy atom. The van der Waals surface area contributed by atoms with Gasteiger partial charge in [0, 0.05) is 31.4 Å². The second-order valence-electron chi connectivity index (χ2n) is 9.36. The van der Waals surface area contributed by atoms with Crippen molar-refractivity contribution in [1.29, 1.82) is 0 Å². The number of primary amides is 1. The molecule has 36 heavy (non-hydrogen) atoms. The van der Waals surface area contributed by atoms with Crippen LogP contribution in [0.5, 0.6) is 5.75 Å². The van der Waals surface area contributed by atoms with Crippen LogP contribution in [0.25, 0.3) is 0 Å². The maximum Gasteiger partial charge on any atom is 0.254 e. The van der Waals surface area contributed by atoms with E-state index in [-0.39, 0.29) is 37.0 Å². The molecule has 0 saturated carbocycles. The predicted octanol–water partition coefficient (Wildman–Crippen LogP) is 3.34. The van der Waals surface area contributed by atoms with Gasteiger partial charge in [0.25, 0.3) is 5.91 Å². The van der Waals surface area contributed by atoms with Crippen molar-refractivity contribution in [2.45, 2.75) is 25.1 Å². The maximum absolute atomic E-state index is 14.8. The number of nitrogens with two attached hydrogens (primary N) is 1. The van der Waals surface area contributed by atoms with E-state index >= 15 is 0 Å². The molecular weight excluding hydrogens is 463 g/mol. The molecule has 4 N–H and O–H groups in total. The van der Waals surface area contributed by atoms with Crippen molar-refractivity contribution in [3.63, 3.8) is 0 Å². The van der Waals surface area contributed by atoms with E-state index in [0.29, 0.717) is 17.1 Å². The Hall–Kier alpha value is -3.76. The lowest BCUT2D eigenvalue weighted by atomic mass is 9.93. The van der Waals surface area contributed by atoms with Crippen LogP contribution < -0.4 is 21.1 Å². The van der Waals surface area contributed by atoms with Crippen LogP contribution in [0.15, 0.2) is 42.6 Å². The molecule has 0 spiro atoms. The molecule has 2 aliphatic heterocycles. The normalized spacial score (nSPS) is 16.5. The highest BCUT2D eigenvalue weighted by molar-refractivity contribution is 5.98. The highest BCUT2D eigenvalue weighted by Crippen LogP contribution is 2.34. The van der Waals surface area contributed by atoms with Gasteiger partial charge in [0.05, 0.1) is 26.0 Å². The van der Waals surface area contributed by atoms with Crippen molar-refractivity contribution in [2.75, 3.05) is 44.5 Å². The SMILES string of the molecule is COc1cc2c(cc1Nc1ncc(C(N)=O)c(Nc3ccccc3CC3(F)COC3)n1)CN(C)CC2. The number of hydrogen-bond acceptors (Lipinski definition) is 8. The van der Waals surface area contributed by atoms with Crippen molar-refractivity contribution >= 4 is 29.0 Å². The average molecular weight is 493 g/mol. The van der Waals surface area contributed by atoms with Crippen LogP contribution >= 0.6 is 0 Å². The molecule has 1 aromatic heterocycles. The first-order valence-corrected chi connectivity index (χ1v) is 11.8. The first-order valence-electron chi connectivity index (χ1n) is 11.8. The minimum atomic E-state index is -1.40. The van der Waals surface area contributed by atoms with E-state index in [9.17, 15) is 9.18 Å². The lowest BCUT2D eigenvalue weighted by molar-refractivity contribution is -0.128. The number of likely N-dealkylation sites (N-methyl/N-ethyl adjacent to an activating group) is 1. The van der Waals surface area contributed by atoms with Crippen LogP contribution in [0.3, 0.4) is 0 Å². The van der Waals surface area contributed by atoms with Crippen LogP contribution in [0.1, 0.15) is 27.0 Å². The van der Waals surface area contributed by atoms with Gasteiger partial charge in [-0.2, -0.15) is 4.98 Å². The number of hydrogen-bond donors (Lipinski definition) is 3. The number of anilines is 4. The maximum atomic E-state index is 14.8. The number of halogens is 1. The molecule has 2 aromatic carbocycles. The second-order valence-corrected chi connectivity index (χ2v) is 9.36. The topological polar surface area (TPSA) is 115 Å². The zero-order valence-electron chi connectivity index (χ0n) is 20.3. The molecule has 0 radical (unpaired) electrons. The number of aromatic nitrogens is 2. The molecule has 0 unspecified atom stereocenters. The quantitative estimate of drug-likeness (QED) is 0.439. The van der Waals surface area contributed by atoms with Gasteiger partial charge in [-0.15, -0.1) is 0 Å². The van der Waals surface area contributed by atoms with E-state index in [1.165, 1.54) is 17.3 Å². The predicted molar refractivity (Wildman–Crippen MR) is 135 cm³/mol. The number of fused-ring (bicyclic) bond motifs is 1. The zero-order valence-corrected chi connectivity index (χ0v) is 20.3. The van der Waals surface area contributed by atoms with Gasteiger partial charge in [-0.05, 0) is 48.4 Å². The fraction of sp³-hybridized carbons (Fsp3) is 0.346. The summed E-state index contributed by atoms with van der Waals surface area (Å²) in [6.07, 6.45) is 2.50. The van der Waals surface area contributed by atoms with Gasteiger partial charge in [-0.3, -0.25) is 4.79 Å². The standard InChI is InChI=1S/C26H29FN6O3/c1-33-8-7-16-10-22(35-2)21(9-18(16)13-33)31-25-29-12-19(23(28)34)24(32-25)30-20-6-4-3-5-17(20)11-26(27)14-36-15-26/h3-6,9-10,12H,7-8,11,13-15H2,1-2H3,(H2,28,34)(H2,29,30,31,32). The van der Waals surface area contributed by atoms with E-state index in [1.54, 1.807) is 13.2 Å². The number of para-hydroxylation sites is 1. The monoisotopic (exact) mass is 492 g/mol. The molecule has 188 valence electrons. The molecule has 1 amide bonds. The average Bonchev–Trinajstić information content (AvgIpc) is 2.84. The Morgan fingerprint density at radius 3 is 2.75 bits per heavy atom. The number of rotatable bonds is 8. The highest BCUT2D eigenvalue weighted by atomic mass is 19.1. The van der Waals surface area contributed by atoms with E-state index < -0.39 is 11.6 Å². The van der Waals surface area contributed by atoms with Crippen molar-refractivity contribution in [3.05, 3.63) is 64.8 Å². The van der Waals surface area contributed by atoms with Gasteiger partial charge in [-0.1, -0.05) is 18.2 Å².